The van der Waals surface area contributed by atoms with Crippen molar-refractivity contribution in [3.05, 3.63) is 53.9 Å². The molecule has 4 heterocycles. The summed E-state index contributed by atoms with van der Waals surface area (Å²) in [7, 11) is 0. The molecule has 2 N–H and O–H groups in total. The van der Waals surface area contributed by atoms with Gasteiger partial charge in [-0.1, -0.05) is 0 Å². The normalized spacial score (nSPS) is 17.4. The number of rotatable bonds is 6. The maximum atomic E-state index is 13.5. The van der Waals surface area contributed by atoms with Crippen LogP contribution in [-0.4, -0.2) is 75.2 Å². The molecule has 0 saturated carbocycles. The van der Waals surface area contributed by atoms with Crippen LogP contribution in [0.5, 0.6) is 0 Å². The summed E-state index contributed by atoms with van der Waals surface area (Å²) in [6.45, 7) is 5.01. The van der Waals surface area contributed by atoms with E-state index in [1.165, 1.54) is 17.1 Å². The first kappa shape index (κ1) is 20.7. The molecule has 5 rings (SSSR count). The molecule has 2 saturated heterocycles. The fourth-order valence-electron chi connectivity index (χ4n) is 3.83. The first-order chi connectivity index (χ1) is 15.6. The molecule has 168 valence electrons. The van der Waals surface area contributed by atoms with E-state index in [0.29, 0.717) is 23.1 Å². The molecule has 0 radical (unpaired) electrons. The molecule has 0 aliphatic carbocycles. The summed E-state index contributed by atoms with van der Waals surface area (Å²) in [6, 6.07) is 7.61. The van der Waals surface area contributed by atoms with Gasteiger partial charge < -0.3 is 20.1 Å². The number of piperazine rings is 1. The Kier molecular flexibility index (Phi) is 5.68. The van der Waals surface area contributed by atoms with Crippen molar-refractivity contribution in [3.63, 3.8) is 0 Å². The second kappa shape index (κ2) is 8.77. The zero-order valence-electron chi connectivity index (χ0n) is 17.3. The van der Waals surface area contributed by atoms with E-state index < -0.39 is 11.6 Å². The van der Waals surface area contributed by atoms with Gasteiger partial charge in [0.25, 0.3) is 0 Å². The second-order valence-corrected chi connectivity index (χ2v) is 7.83. The molecule has 0 atom stereocenters. The van der Waals surface area contributed by atoms with Crippen LogP contribution in [0.2, 0.25) is 0 Å². The lowest BCUT2D eigenvalue weighted by atomic mass is 10.1. The van der Waals surface area contributed by atoms with Gasteiger partial charge in [0.1, 0.15) is 18.0 Å². The van der Waals surface area contributed by atoms with Crippen LogP contribution in [0.3, 0.4) is 0 Å². The van der Waals surface area contributed by atoms with Crippen LogP contribution in [-0.2, 0) is 11.3 Å². The van der Waals surface area contributed by atoms with Crippen LogP contribution in [0.25, 0.3) is 5.69 Å². The van der Waals surface area contributed by atoms with E-state index in [1.807, 2.05) is 6.07 Å². The number of halogens is 2. The van der Waals surface area contributed by atoms with Crippen LogP contribution >= 0.6 is 0 Å². The Balaban J connectivity index is 1.31. The highest BCUT2D eigenvalue weighted by Crippen LogP contribution is 2.23. The lowest BCUT2D eigenvalue weighted by Crippen LogP contribution is -2.56. The van der Waals surface area contributed by atoms with Crippen molar-refractivity contribution in [1.29, 1.82) is 0 Å². The van der Waals surface area contributed by atoms with Crippen LogP contribution in [0, 0.1) is 11.6 Å². The molecule has 2 aliphatic rings. The van der Waals surface area contributed by atoms with Crippen molar-refractivity contribution in [2.75, 3.05) is 49.6 Å². The third-order valence-electron chi connectivity index (χ3n) is 5.73. The molecule has 2 fully saturated rings. The van der Waals surface area contributed by atoms with Gasteiger partial charge in [-0.15, -0.1) is 5.10 Å². The van der Waals surface area contributed by atoms with Gasteiger partial charge in [0.05, 0.1) is 31.5 Å². The number of aromatic nitrogens is 4. The second-order valence-electron chi connectivity index (χ2n) is 7.83. The molecule has 0 amide bonds. The van der Waals surface area contributed by atoms with E-state index in [2.05, 4.69) is 30.2 Å². The van der Waals surface area contributed by atoms with Gasteiger partial charge in [-0.3, -0.25) is 4.90 Å². The number of hydrogen-bond acceptors (Lipinski definition) is 8. The highest BCUT2D eigenvalue weighted by molar-refractivity contribution is 5.55. The lowest BCUT2D eigenvalue weighted by Gasteiger charge is -2.42. The van der Waals surface area contributed by atoms with Crippen molar-refractivity contribution in [3.8, 4) is 5.69 Å². The average Bonchev–Trinajstić information content (AvgIpc) is 3.23. The highest BCUT2D eigenvalue weighted by atomic mass is 19.2. The van der Waals surface area contributed by atoms with Crippen LogP contribution < -0.4 is 10.2 Å². The number of aliphatic hydroxyl groups excluding tert-OH is 1. The van der Waals surface area contributed by atoms with E-state index in [4.69, 9.17) is 4.74 Å². The number of hydrogen-bond donors (Lipinski definition) is 2. The fraction of sp³-hybridized carbons (Fsp3) is 0.381. The Morgan fingerprint density at radius 2 is 1.88 bits per heavy atom. The minimum atomic E-state index is -0.959. The monoisotopic (exact) mass is 443 g/mol. The zero-order chi connectivity index (χ0) is 22.1. The topological polar surface area (TPSA) is 91.6 Å². The number of aliphatic hydroxyl groups is 1. The molecule has 0 unspecified atom stereocenters. The van der Waals surface area contributed by atoms with Gasteiger partial charge >= 0.3 is 0 Å². The summed E-state index contributed by atoms with van der Waals surface area (Å²) in [5, 5.41) is 17.0. The summed E-state index contributed by atoms with van der Waals surface area (Å²) in [5.41, 5.74) is 1.06. The fourth-order valence-corrected chi connectivity index (χ4v) is 3.83. The van der Waals surface area contributed by atoms with Crippen LogP contribution in [0.15, 0.2) is 36.7 Å². The Hall–Kier alpha value is -3.15. The average molecular weight is 443 g/mol. The third-order valence-corrected chi connectivity index (χ3v) is 5.73. The van der Waals surface area contributed by atoms with E-state index in [1.54, 1.807) is 6.07 Å². The predicted molar refractivity (Wildman–Crippen MR) is 113 cm³/mol. The summed E-state index contributed by atoms with van der Waals surface area (Å²) in [5.74, 6) is -0.378. The number of ether oxygens (including phenoxy) is 1. The lowest BCUT2D eigenvalue weighted by molar-refractivity contribution is -0.0660. The van der Waals surface area contributed by atoms with E-state index in [0.717, 1.165) is 57.3 Å². The standard InChI is InChI=1S/C21H23F2N7O2/c22-17-2-1-15(9-18(17)23)30-13-24-21(27-30)26-19-7-14(10-31)8-20(25-19)29-5-3-28(4-6-29)16-11-32-12-16/h1-2,7-9,13,16,31H,3-6,10-12H2,(H,25,26,27). The maximum Gasteiger partial charge on any atom is 0.248 e. The zero-order valence-corrected chi connectivity index (χ0v) is 17.3. The Morgan fingerprint density at radius 1 is 1.06 bits per heavy atom. The van der Waals surface area contributed by atoms with Gasteiger partial charge in [-0.05, 0) is 29.8 Å². The molecule has 11 heteroatoms. The summed E-state index contributed by atoms with van der Waals surface area (Å²) in [4.78, 5) is 13.5. The van der Waals surface area contributed by atoms with Crippen molar-refractivity contribution >= 4 is 17.6 Å². The van der Waals surface area contributed by atoms with Gasteiger partial charge in [0.15, 0.2) is 11.6 Å². The predicted octanol–water partition coefficient (Wildman–Crippen LogP) is 1.70. The molecule has 3 aromatic rings. The summed E-state index contributed by atoms with van der Waals surface area (Å²) in [6.07, 6.45) is 1.40. The number of anilines is 3. The Morgan fingerprint density at radius 3 is 2.56 bits per heavy atom. The van der Waals surface area contributed by atoms with Gasteiger partial charge in [-0.25, -0.2) is 18.4 Å². The van der Waals surface area contributed by atoms with Gasteiger partial charge in [-0.2, -0.15) is 4.98 Å². The van der Waals surface area contributed by atoms with E-state index >= 15 is 0 Å². The Bertz CT molecular complexity index is 1100. The molecular weight excluding hydrogens is 420 g/mol. The first-order valence-corrected chi connectivity index (χ1v) is 10.4. The summed E-state index contributed by atoms with van der Waals surface area (Å²) < 4.78 is 33.3. The van der Waals surface area contributed by atoms with Gasteiger partial charge in [0, 0.05) is 32.2 Å². The molecule has 0 bridgehead atoms. The first-order valence-electron chi connectivity index (χ1n) is 10.4. The molecule has 9 nitrogen and oxygen atoms in total. The minimum absolute atomic E-state index is 0.125. The molecule has 2 aliphatic heterocycles. The Labute approximate surface area is 183 Å². The highest BCUT2D eigenvalue weighted by Gasteiger charge is 2.29. The third kappa shape index (κ3) is 4.27. The van der Waals surface area contributed by atoms with Crippen molar-refractivity contribution in [1.82, 2.24) is 24.6 Å². The van der Waals surface area contributed by atoms with Crippen molar-refractivity contribution in [2.45, 2.75) is 12.6 Å². The van der Waals surface area contributed by atoms with E-state index in [-0.39, 0.29) is 12.6 Å². The smallest absolute Gasteiger partial charge is 0.248 e. The van der Waals surface area contributed by atoms with Crippen molar-refractivity contribution < 1.29 is 18.6 Å². The SMILES string of the molecule is OCc1cc(Nc2ncn(-c3ccc(F)c(F)c3)n2)nc(N2CCN(C3COC3)CC2)c1. The summed E-state index contributed by atoms with van der Waals surface area (Å²) >= 11 is 0. The number of benzene rings is 1. The molecule has 1 aromatic carbocycles. The number of pyridine rings is 1. The molecule has 32 heavy (non-hydrogen) atoms. The molecule has 2 aromatic heterocycles. The molecule has 0 spiro atoms. The maximum absolute atomic E-state index is 13.5. The van der Waals surface area contributed by atoms with E-state index in [9.17, 15) is 13.9 Å². The molecular formula is C21H23F2N7O2. The van der Waals surface area contributed by atoms with Crippen LogP contribution in [0.1, 0.15) is 5.56 Å². The van der Waals surface area contributed by atoms with Crippen molar-refractivity contribution in [2.24, 2.45) is 0 Å². The van der Waals surface area contributed by atoms with Gasteiger partial charge in [0.2, 0.25) is 5.95 Å². The quantitative estimate of drug-likeness (QED) is 0.595. The number of nitrogens with zero attached hydrogens (tertiary/aromatic N) is 6. The minimum Gasteiger partial charge on any atom is -0.392 e. The largest absolute Gasteiger partial charge is 0.392 e. The van der Waals surface area contributed by atoms with Crippen LogP contribution in [0.4, 0.5) is 26.4 Å². The number of nitrogens with one attached hydrogen (secondary N) is 1.